The van der Waals surface area contributed by atoms with Crippen molar-refractivity contribution in [1.29, 1.82) is 0 Å². The lowest BCUT2D eigenvalue weighted by Gasteiger charge is -2.38. The number of piperidine rings is 1. The number of carboxylic acids is 1. The molecule has 1 aromatic heterocycles. The maximum absolute atomic E-state index is 11.5. The molecule has 2 rings (SSSR count). The van der Waals surface area contributed by atoms with Crippen LogP contribution in [0.15, 0.2) is 12.4 Å². The van der Waals surface area contributed by atoms with Gasteiger partial charge < -0.3 is 10.0 Å². The fourth-order valence-electron chi connectivity index (χ4n) is 3.14. The summed E-state index contributed by atoms with van der Waals surface area (Å²) in [5, 5.41) is 13.7. The molecule has 0 bridgehead atoms. The van der Waals surface area contributed by atoms with Crippen LogP contribution in [0.3, 0.4) is 0 Å². The molecular formula is C15H25N3O2. The summed E-state index contributed by atoms with van der Waals surface area (Å²) < 4.78 is 1.82. The highest BCUT2D eigenvalue weighted by atomic mass is 16.4. The van der Waals surface area contributed by atoms with Crippen LogP contribution in [0.5, 0.6) is 0 Å². The van der Waals surface area contributed by atoms with Gasteiger partial charge >= 0.3 is 5.97 Å². The lowest BCUT2D eigenvalue weighted by atomic mass is 9.75. The smallest absolute Gasteiger partial charge is 0.309 e. The second-order valence-corrected chi connectivity index (χ2v) is 5.95. The van der Waals surface area contributed by atoms with Crippen molar-refractivity contribution in [3.63, 3.8) is 0 Å². The molecule has 0 aliphatic carbocycles. The van der Waals surface area contributed by atoms with E-state index in [-0.39, 0.29) is 0 Å². The van der Waals surface area contributed by atoms with Crippen LogP contribution in [0.2, 0.25) is 0 Å². The number of aryl methyl sites for hydroxylation is 1. The molecule has 1 N–H and O–H groups in total. The zero-order chi connectivity index (χ0) is 14.6. The Hall–Kier alpha value is -1.36. The van der Waals surface area contributed by atoms with Crippen molar-refractivity contribution in [2.45, 2.75) is 39.0 Å². The lowest BCUT2D eigenvalue weighted by Crippen LogP contribution is -2.44. The quantitative estimate of drug-likeness (QED) is 0.864. The molecule has 1 fully saturated rings. The Bertz CT molecular complexity index is 448. The highest BCUT2D eigenvalue weighted by molar-refractivity contribution is 5.74. The largest absolute Gasteiger partial charge is 0.481 e. The summed E-state index contributed by atoms with van der Waals surface area (Å²) in [6, 6.07) is 0. The molecule has 0 unspecified atom stereocenters. The van der Waals surface area contributed by atoms with E-state index >= 15 is 0 Å². The van der Waals surface area contributed by atoms with Crippen LogP contribution < -0.4 is 0 Å². The highest BCUT2D eigenvalue weighted by Crippen LogP contribution is 2.36. The van der Waals surface area contributed by atoms with Crippen LogP contribution in [0.4, 0.5) is 0 Å². The first-order valence-electron chi connectivity index (χ1n) is 7.49. The van der Waals surface area contributed by atoms with Gasteiger partial charge in [0.15, 0.2) is 0 Å². The molecule has 0 saturated carbocycles. The summed E-state index contributed by atoms with van der Waals surface area (Å²) in [5.74, 6) is -0.605. The Morgan fingerprint density at radius 1 is 1.45 bits per heavy atom. The van der Waals surface area contributed by atoms with Crippen molar-refractivity contribution in [2.24, 2.45) is 12.5 Å². The van der Waals surface area contributed by atoms with E-state index in [9.17, 15) is 9.90 Å². The van der Waals surface area contributed by atoms with Crippen LogP contribution in [-0.2, 0) is 18.3 Å². The number of aliphatic carboxylic acids is 1. The SMILES string of the molecule is CCCC1(C(=O)O)CCN(CCc2cnn(C)c2)CC1. The first kappa shape index (κ1) is 15.0. The van der Waals surface area contributed by atoms with Crippen molar-refractivity contribution in [3.05, 3.63) is 18.0 Å². The molecular weight excluding hydrogens is 254 g/mol. The molecule has 0 aromatic carbocycles. The van der Waals surface area contributed by atoms with Gasteiger partial charge in [0, 0.05) is 19.8 Å². The maximum Gasteiger partial charge on any atom is 0.309 e. The van der Waals surface area contributed by atoms with Gasteiger partial charge in [0.1, 0.15) is 0 Å². The van der Waals surface area contributed by atoms with E-state index in [0.717, 1.165) is 51.7 Å². The molecule has 1 aromatic rings. The fraction of sp³-hybridized carbons (Fsp3) is 0.733. The predicted molar refractivity (Wildman–Crippen MR) is 77.6 cm³/mol. The molecule has 0 atom stereocenters. The van der Waals surface area contributed by atoms with E-state index in [0.29, 0.717) is 0 Å². The molecule has 112 valence electrons. The van der Waals surface area contributed by atoms with Crippen LogP contribution in [0, 0.1) is 5.41 Å². The van der Waals surface area contributed by atoms with Crippen molar-refractivity contribution >= 4 is 5.97 Å². The Balaban J connectivity index is 1.82. The Labute approximate surface area is 120 Å². The number of likely N-dealkylation sites (tertiary alicyclic amines) is 1. The third-order valence-electron chi connectivity index (χ3n) is 4.47. The van der Waals surface area contributed by atoms with Crippen molar-refractivity contribution in [3.8, 4) is 0 Å². The molecule has 2 heterocycles. The van der Waals surface area contributed by atoms with Gasteiger partial charge in [-0.1, -0.05) is 13.3 Å². The maximum atomic E-state index is 11.5. The van der Waals surface area contributed by atoms with Gasteiger partial charge in [-0.15, -0.1) is 0 Å². The van der Waals surface area contributed by atoms with Crippen LogP contribution in [0.1, 0.15) is 38.2 Å². The van der Waals surface area contributed by atoms with Crippen LogP contribution in [-0.4, -0.2) is 45.4 Å². The monoisotopic (exact) mass is 279 g/mol. The molecule has 5 nitrogen and oxygen atoms in total. The topological polar surface area (TPSA) is 58.4 Å². The second-order valence-electron chi connectivity index (χ2n) is 5.95. The standard InChI is InChI=1S/C15H25N3O2/c1-3-5-15(14(19)20)6-9-18(10-7-15)8-4-13-11-16-17(2)12-13/h11-12H,3-10H2,1-2H3,(H,19,20). The number of hydrogen-bond acceptors (Lipinski definition) is 3. The Morgan fingerprint density at radius 2 is 2.15 bits per heavy atom. The summed E-state index contributed by atoms with van der Waals surface area (Å²) in [5.41, 5.74) is 0.774. The molecule has 0 spiro atoms. The third-order valence-corrected chi connectivity index (χ3v) is 4.47. The Kier molecular flexibility index (Phi) is 4.81. The lowest BCUT2D eigenvalue weighted by molar-refractivity contribution is -0.152. The van der Waals surface area contributed by atoms with E-state index in [1.807, 2.05) is 24.1 Å². The van der Waals surface area contributed by atoms with Crippen LogP contribution in [0.25, 0.3) is 0 Å². The van der Waals surface area contributed by atoms with E-state index in [2.05, 4.69) is 16.9 Å². The van der Waals surface area contributed by atoms with Crippen molar-refractivity contribution in [2.75, 3.05) is 19.6 Å². The second kappa shape index (κ2) is 6.39. The van der Waals surface area contributed by atoms with E-state index < -0.39 is 11.4 Å². The first-order valence-corrected chi connectivity index (χ1v) is 7.49. The first-order chi connectivity index (χ1) is 9.55. The predicted octanol–water partition coefficient (Wildman–Crippen LogP) is 1.93. The zero-order valence-electron chi connectivity index (χ0n) is 12.5. The fourth-order valence-corrected chi connectivity index (χ4v) is 3.14. The molecule has 5 heteroatoms. The van der Waals surface area contributed by atoms with Gasteiger partial charge in [-0.25, -0.2) is 0 Å². The van der Waals surface area contributed by atoms with Gasteiger partial charge in [0.25, 0.3) is 0 Å². The molecule has 1 saturated heterocycles. The van der Waals surface area contributed by atoms with Crippen molar-refractivity contribution in [1.82, 2.24) is 14.7 Å². The minimum absolute atomic E-state index is 0.473. The zero-order valence-corrected chi connectivity index (χ0v) is 12.5. The number of aromatic nitrogens is 2. The van der Waals surface area contributed by atoms with Gasteiger partial charge in [0.05, 0.1) is 11.6 Å². The average Bonchev–Trinajstić information content (AvgIpc) is 2.84. The molecule has 0 radical (unpaired) electrons. The van der Waals surface area contributed by atoms with Gasteiger partial charge in [-0.2, -0.15) is 5.10 Å². The summed E-state index contributed by atoms with van der Waals surface area (Å²) >= 11 is 0. The number of rotatable bonds is 6. The average molecular weight is 279 g/mol. The summed E-state index contributed by atoms with van der Waals surface area (Å²) in [6.07, 6.45) is 8.25. The number of carbonyl (C=O) groups is 1. The highest BCUT2D eigenvalue weighted by Gasteiger charge is 2.40. The summed E-state index contributed by atoms with van der Waals surface area (Å²) in [6.45, 7) is 4.85. The number of hydrogen-bond donors (Lipinski definition) is 1. The molecule has 20 heavy (non-hydrogen) atoms. The van der Waals surface area contributed by atoms with E-state index in [4.69, 9.17) is 0 Å². The number of nitrogens with zero attached hydrogens (tertiary/aromatic N) is 3. The number of carboxylic acid groups (broad SMARTS) is 1. The van der Waals surface area contributed by atoms with Gasteiger partial charge in [0.2, 0.25) is 0 Å². The molecule has 1 aliphatic rings. The minimum atomic E-state index is -0.605. The molecule has 1 aliphatic heterocycles. The van der Waals surface area contributed by atoms with E-state index in [1.54, 1.807) is 0 Å². The third kappa shape index (κ3) is 3.39. The van der Waals surface area contributed by atoms with Gasteiger partial charge in [-0.05, 0) is 44.3 Å². The van der Waals surface area contributed by atoms with Crippen LogP contribution >= 0.6 is 0 Å². The van der Waals surface area contributed by atoms with E-state index in [1.165, 1.54) is 5.56 Å². The molecule has 0 amide bonds. The normalized spacial score (nSPS) is 19.1. The summed E-state index contributed by atoms with van der Waals surface area (Å²) in [4.78, 5) is 13.9. The summed E-state index contributed by atoms with van der Waals surface area (Å²) in [7, 11) is 1.93. The van der Waals surface area contributed by atoms with Gasteiger partial charge in [-0.3, -0.25) is 9.48 Å². The van der Waals surface area contributed by atoms with Crippen molar-refractivity contribution < 1.29 is 9.90 Å². The minimum Gasteiger partial charge on any atom is -0.481 e. The Morgan fingerprint density at radius 3 is 2.65 bits per heavy atom.